The van der Waals surface area contributed by atoms with Crippen LogP contribution in [0.2, 0.25) is 5.02 Å². The molecular weight excluding hydrogens is 288 g/mol. The van der Waals surface area contributed by atoms with E-state index in [4.69, 9.17) is 17.3 Å². The fourth-order valence-corrected chi connectivity index (χ4v) is 2.40. The van der Waals surface area contributed by atoms with E-state index in [-0.39, 0.29) is 12.1 Å². The van der Waals surface area contributed by atoms with Crippen molar-refractivity contribution < 1.29 is 0 Å². The van der Waals surface area contributed by atoms with Crippen LogP contribution in [0, 0.1) is 6.92 Å². The second-order valence-corrected chi connectivity index (χ2v) is 5.15. The minimum atomic E-state index is -0.158. The van der Waals surface area contributed by atoms with Crippen LogP contribution in [0.4, 0.5) is 5.82 Å². The smallest absolute Gasteiger partial charge is 0.272 e. The third kappa shape index (κ3) is 2.48. The van der Waals surface area contributed by atoms with E-state index in [0.717, 1.165) is 11.0 Å². The molecule has 0 fully saturated rings. The summed E-state index contributed by atoms with van der Waals surface area (Å²) < 4.78 is 1.62. The van der Waals surface area contributed by atoms with Gasteiger partial charge in [-0.2, -0.15) is 0 Å². The quantitative estimate of drug-likeness (QED) is 0.788. The van der Waals surface area contributed by atoms with Crippen molar-refractivity contribution in [3.8, 4) is 0 Å². The molecule has 0 unspecified atom stereocenters. The van der Waals surface area contributed by atoms with Crippen molar-refractivity contribution in [2.24, 2.45) is 0 Å². The third-order valence-corrected chi connectivity index (χ3v) is 3.61. The van der Waals surface area contributed by atoms with Gasteiger partial charge in [-0.3, -0.25) is 9.36 Å². The van der Waals surface area contributed by atoms with Crippen LogP contribution >= 0.6 is 11.6 Å². The first-order valence-electron chi connectivity index (χ1n) is 6.43. The highest BCUT2D eigenvalue weighted by Crippen LogP contribution is 2.18. The first kappa shape index (κ1) is 13.6. The van der Waals surface area contributed by atoms with Crippen molar-refractivity contribution in [3.63, 3.8) is 0 Å². The Morgan fingerprint density at radius 1 is 1.19 bits per heavy atom. The predicted molar refractivity (Wildman–Crippen MR) is 83.5 cm³/mol. The lowest BCUT2D eigenvalue weighted by molar-refractivity contribution is 0.757. The molecule has 0 atom stereocenters. The number of pyridine rings is 1. The van der Waals surface area contributed by atoms with Crippen LogP contribution in [0.1, 0.15) is 11.4 Å². The molecule has 0 radical (unpaired) electrons. The largest absolute Gasteiger partial charge is 0.384 e. The Bertz CT molecular complexity index is 888. The van der Waals surface area contributed by atoms with Crippen molar-refractivity contribution in [2.45, 2.75) is 13.5 Å². The molecule has 0 spiro atoms. The summed E-state index contributed by atoms with van der Waals surface area (Å²) in [5.74, 6) is 0.373. The van der Waals surface area contributed by atoms with Gasteiger partial charge in [0.25, 0.3) is 5.56 Å². The van der Waals surface area contributed by atoms with Crippen LogP contribution in [0.15, 0.2) is 41.2 Å². The maximum Gasteiger partial charge on any atom is 0.272 e. The number of nitrogens with zero attached hydrogens (tertiary/aromatic N) is 3. The fraction of sp³-hybridized carbons (Fsp3) is 0.133. The molecule has 6 heteroatoms. The zero-order chi connectivity index (χ0) is 15.0. The number of fused-ring (bicyclic) bond motifs is 1. The minimum absolute atomic E-state index is 0.158. The number of halogens is 1. The zero-order valence-corrected chi connectivity index (χ0v) is 12.1. The normalized spacial score (nSPS) is 11.0. The van der Waals surface area contributed by atoms with Gasteiger partial charge in [-0.25, -0.2) is 9.97 Å². The predicted octanol–water partition coefficient (Wildman–Crippen LogP) is 2.38. The van der Waals surface area contributed by atoms with Crippen LogP contribution < -0.4 is 11.3 Å². The van der Waals surface area contributed by atoms with Gasteiger partial charge in [0.2, 0.25) is 0 Å². The molecule has 0 aliphatic rings. The Balaban J connectivity index is 2.22. The number of nitrogen functional groups attached to an aromatic ring is 1. The summed E-state index contributed by atoms with van der Waals surface area (Å²) in [6, 6.07) is 10.8. The molecule has 21 heavy (non-hydrogen) atoms. The summed E-state index contributed by atoms with van der Waals surface area (Å²) in [4.78, 5) is 20.9. The van der Waals surface area contributed by atoms with Crippen LogP contribution in [0.25, 0.3) is 11.0 Å². The van der Waals surface area contributed by atoms with E-state index in [1.165, 1.54) is 0 Å². The lowest BCUT2D eigenvalue weighted by Gasteiger charge is -2.11. The molecule has 2 aromatic heterocycles. The molecule has 0 amide bonds. The molecule has 5 nitrogen and oxygen atoms in total. The number of hydrogen-bond acceptors (Lipinski definition) is 4. The standard InChI is InChI=1S/C15H13ClN4O/c1-9-15(21)20(13-5-3-2-4-11(13)18-9)8-12-10(16)6-7-14(17)19-12/h2-7H,8H2,1H3,(H2,17,19). The third-order valence-electron chi connectivity index (χ3n) is 3.26. The summed E-state index contributed by atoms with van der Waals surface area (Å²) in [5.41, 5.74) is 8.04. The number of aryl methyl sites for hydroxylation is 1. The van der Waals surface area contributed by atoms with Gasteiger partial charge in [-0.15, -0.1) is 0 Å². The number of aromatic nitrogens is 3. The van der Waals surface area contributed by atoms with E-state index in [1.807, 2.05) is 24.3 Å². The van der Waals surface area contributed by atoms with E-state index in [9.17, 15) is 4.79 Å². The zero-order valence-electron chi connectivity index (χ0n) is 11.4. The Hall–Kier alpha value is -2.40. The van der Waals surface area contributed by atoms with Crippen molar-refractivity contribution in [3.05, 3.63) is 63.2 Å². The van der Waals surface area contributed by atoms with Crippen LogP contribution in [0.3, 0.4) is 0 Å². The molecule has 0 aliphatic carbocycles. The number of rotatable bonds is 2. The van der Waals surface area contributed by atoms with E-state index in [0.29, 0.717) is 22.2 Å². The number of anilines is 1. The summed E-state index contributed by atoms with van der Waals surface area (Å²) in [6.07, 6.45) is 0. The number of benzene rings is 1. The molecule has 0 saturated heterocycles. The second kappa shape index (κ2) is 5.18. The lowest BCUT2D eigenvalue weighted by atomic mass is 10.2. The maximum absolute atomic E-state index is 12.4. The van der Waals surface area contributed by atoms with Crippen LogP contribution in [0.5, 0.6) is 0 Å². The fourth-order valence-electron chi connectivity index (χ4n) is 2.24. The molecule has 0 bridgehead atoms. The highest BCUT2D eigenvalue weighted by molar-refractivity contribution is 6.31. The van der Waals surface area contributed by atoms with E-state index in [2.05, 4.69) is 9.97 Å². The summed E-state index contributed by atoms with van der Waals surface area (Å²) in [7, 11) is 0. The van der Waals surface area contributed by atoms with Crippen molar-refractivity contribution in [2.75, 3.05) is 5.73 Å². The summed E-state index contributed by atoms with van der Waals surface area (Å²) in [5, 5.41) is 0.481. The van der Waals surface area contributed by atoms with Gasteiger partial charge in [-0.1, -0.05) is 23.7 Å². The summed E-state index contributed by atoms with van der Waals surface area (Å²) >= 11 is 6.14. The molecular formula is C15H13ClN4O. The van der Waals surface area contributed by atoms with Crippen molar-refractivity contribution in [1.29, 1.82) is 0 Å². The molecule has 2 N–H and O–H groups in total. The first-order chi connectivity index (χ1) is 10.1. The second-order valence-electron chi connectivity index (χ2n) is 4.74. The maximum atomic E-state index is 12.4. The molecule has 3 aromatic rings. The Kier molecular flexibility index (Phi) is 3.35. The highest BCUT2D eigenvalue weighted by Gasteiger charge is 2.11. The molecule has 106 valence electrons. The van der Waals surface area contributed by atoms with Crippen LogP contribution in [-0.2, 0) is 6.54 Å². The molecule has 1 aromatic carbocycles. The van der Waals surface area contributed by atoms with Crippen LogP contribution in [-0.4, -0.2) is 14.5 Å². The molecule has 0 aliphatic heterocycles. The van der Waals surface area contributed by atoms with Gasteiger partial charge < -0.3 is 5.73 Å². The Morgan fingerprint density at radius 2 is 1.95 bits per heavy atom. The highest BCUT2D eigenvalue weighted by atomic mass is 35.5. The van der Waals surface area contributed by atoms with E-state index in [1.54, 1.807) is 23.6 Å². The monoisotopic (exact) mass is 300 g/mol. The first-order valence-corrected chi connectivity index (χ1v) is 6.81. The minimum Gasteiger partial charge on any atom is -0.384 e. The topological polar surface area (TPSA) is 73.8 Å². The van der Waals surface area contributed by atoms with Gasteiger partial charge in [0.15, 0.2) is 0 Å². The molecule has 3 rings (SSSR count). The van der Waals surface area contributed by atoms with Gasteiger partial charge >= 0.3 is 0 Å². The summed E-state index contributed by atoms with van der Waals surface area (Å²) in [6.45, 7) is 1.95. The number of para-hydroxylation sites is 2. The van der Waals surface area contributed by atoms with Gasteiger partial charge in [0.1, 0.15) is 11.5 Å². The average Bonchev–Trinajstić information content (AvgIpc) is 2.47. The van der Waals surface area contributed by atoms with Gasteiger partial charge in [-0.05, 0) is 31.2 Å². The van der Waals surface area contributed by atoms with Gasteiger partial charge in [0, 0.05) is 0 Å². The van der Waals surface area contributed by atoms with Gasteiger partial charge in [0.05, 0.1) is 28.3 Å². The Labute approximate surface area is 126 Å². The Morgan fingerprint density at radius 3 is 2.76 bits per heavy atom. The lowest BCUT2D eigenvalue weighted by Crippen LogP contribution is -2.25. The van der Waals surface area contributed by atoms with E-state index >= 15 is 0 Å². The SMILES string of the molecule is Cc1nc2ccccc2n(Cc2nc(N)ccc2Cl)c1=O. The van der Waals surface area contributed by atoms with Crippen molar-refractivity contribution >= 4 is 28.5 Å². The number of hydrogen-bond donors (Lipinski definition) is 1. The average molecular weight is 301 g/mol. The molecule has 0 saturated carbocycles. The number of nitrogens with two attached hydrogens (primary N) is 1. The van der Waals surface area contributed by atoms with E-state index < -0.39 is 0 Å². The van der Waals surface area contributed by atoms with Crippen molar-refractivity contribution in [1.82, 2.24) is 14.5 Å². The molecule has 2 heterocycles.